The van der Waals surface area contributed by atoms with Gasteiger partial charge in [-0.15, -0.1) is 0 Å². The molecule has 8 nitrogen and oxygen atoms in total. The van der Waals surface area contributed by atoms with Crippen LogP contribution in [0.3, 0.4) is 0 Å². The number of hydrogen-bond acceptors (Lipinski definition) is 4. The van der Waals surface area contributed by atoms with Crippen LogP contribution in [0.25, 0.3) is 10.8 Å². The Morgan fingerprint density at radius 1 is 0.971 bits per heavy atom. The molecule has 4 N–H and O–H groups in total. The molecule has 3 aromatic carbocycles. The molecule has 0 radical (unpaired) electrons. The number of carbonyl (C=O) groups excluding carboxylic acids is 1. The Bertz CT molecular complexity index is 1470. The number of anilines is 1. The van der Waals surface area contributed by atoms with Crippen LogP contribution in [-0.4, -0.2) is 26.8 Å². The first-order valence-corrected chi connectivity index (χ1v) is 11.1. The molecule has 35 heavy (non-hydrogen) atoms. The molecule has 178 valence electrons. The molecular formula is C26H22ClN3O5. The van der Waals surface area contributed by atoms with E-state index < -0.39 is 29.4 Å². The number of carboxylic acid groups (broad SMARTS) is 1. The molecule has 4 aromatic rings. The summed E-state index contributed by atoms with van der Waals surface area (Å²) in [6.07, 6.45) is 1.02. The molecule has 2 amide bonds. The molecule has 4 rings (SSSR count). The highest BCUT2D eigenvalue weighted by molar-refractivity contribution is 6.31. The molecule has 1 heterocycles. The quantitative estimate of drug-likeness (QED) is 0.297. The van der Waals surface area contributed by atoms with E-state index in [0.717, 1.165) is 10.8 Å². The Kier molecular flexibility index (Phi) is 7.03. The van der Waals surface area contributed by atoms with Crippen LogP contribution in [0.15, 0.2) is 83.8 Å². The van der Waals surface area contributed by atoms with Crippen LogP contribution in [-0.2, 0) is 11.3 Å². The van der Waals surface area contributed by atoms with Crippen LogP contribution < -0.4 is 16.2 Å². The van der Waals surface area contributed by atoms with Gasteiger partial charge < -0.3 is 25.4 Å². The minimum absolute atomic E-state index is 0.133. The van der Waals surface area contributed by atoms with Gasteiger partial charge in [-0.05, 0) is 40.1 Å². The van der Waals surface area contributed by atoms with Crippen molar-refractivity contribution in [2.45, 2.75) is 19.0 Å². The zero-order chi connectivity index (χ0) is 24.9. The van der Waals surface area contributed by atoms with Gasteiger partial charge in [0.25, 0.3) is 5.56 Å². The van der Waals surface area contributed by atoms with Crippen molar-refractivity contribution in [3.05, 3.63) is 105 Å². The molecule has 0 fully saturated rings. The van der Waals surface area contributed by atoms with Gasteiger partial charge in [-0.3, -0.25) is 9.59 Å². The van der Waals surface area contributed by atoms with E-state index in [1.165, 1.54) is 16.8 Å². The highest BCUT2D eigenvalue weighted by Crippen LogP contribution is 2.24. The molecule has 1 aromatic heterocycles. The fraction of sp³-hybridized carbons (Fsp3) is 0.115. The lowest BCUT2D eigenvalue weighted by Crippen LogP contribution is -2.36. The maximum Gasteiger partial charge on any atom is 0.319 e. The van der Waals surface area contributed by atoms with Crippen LogP contribution in [0.4, 0.5) is 10.5 Å². The number of fused-ring (bicyclic) bond motifs is 1. The number of aromatic nitrogens is 1. The number of carbonyl (C=O) groups is 2. The average molecular weight is 492 g/mol. The van der Waals surface area contributed by atoms with Gasteiger partial charge in [0.15, 0.2) is 5.69 Å². The maximum atomic E-state index is 12.9. The Morgan fingerprint density at radius 3 is 2.43 bits per heavy atom. The predicted molar refractivity (Wildman–Crippen MR) is 134 cm³/mol. The number of nitrogens with one attached hydrogen (secondary N) is 2. The molecule has 1 unspecified atom stereocenters. The first-order valence-electron chi connectivity index (χ1n) is 10.8. The minimum atomic E-state index is -1.10. The third-order valence-corrected chi connectivity index (χ3v) is 5.91. The Balaban J connectivity index is 1.57. The normalized spacial score (nSPS) is 11.7. The van der Waals surface area contributed by atoms with Crippen molar-refractivity contribution in [1.82, 2.24) is 9.88 Å². The number of benzene rings is 3. The Labute approximate surface area is 205 Å². The number of carboxylic acids is 1. The molecule has 0 aliphatic rings. The van der Waals surface area contributed by atoms with Crippen molar-refractivity contribution >= 4 is 40.1 Å². The van der Waals surface area contributed by atoms with Gasteiger partial charge >= 0.3 is 12.0 Å². The van der Waals surface area contributed by atoms with E-state index in [-0.39, 0.29) is 18.7 Å². The van der Waals surface area contributed by atoms with Crippen LogP contribution in [0.2, 0.25) is 5.02 Å². The zero-order valence-corrected chi connectivity index (χ0v) is 19.2. The lowest BCUT2D eigenvalue weighted by molar-refractivity contribution is -0.137. The van der Waals surface area contributed by atoms with E-state index in [2.05, 4.69) is 10.6 Å². The smallest absolute Gasteiger partial charge is 0.319 e. The van der Waals surface area contributed by atoms with Crippen molar-refractivity contribution in [3.63, 3.8) is 0 Å². The number of rotatable bonds is 7. The van der Waals surface area contributed by atoms with Crippen molar-refractivity contribution in [1.29, 1.82) is 0 Å². The third-order valence-electron chi connectivity index (χ3n) is 5.54. The second-order valence-electron chi connectivity index (χ2n) is 7.96. The Hall–Kier alpha value is -4.30. The average Bonchev–Trinajstić information content (AvgIpc) is 2.84. The van der Waals surface area contributed by atoms with E-state index in [0.29, 0.717) is 16.1 Å². The van der Waals surface area contributed by atoms with Gasteiger partial charge in [0.05, 0.1) is 19.0 Å². The molecular weight excluding hydrogens is 470 g/mol. The Morgan fingerprint density at radius 2 is 1.69 bits per heavy atom. The van der Waals surface area contributed by atoms with E-state index in [1.54, 1.807) is 36.4 Å². The highest BCUT2D eigenvalue weighted by atomic mass is 35.5. The minimum Gasteiger partial charge on any atom is -0.505 e. The molecule has 0 saturated carbocycles. The van der Waals surface area contributed by atoms with Crippen molar-refractivity contribution < 1.29 is 19.8 Å². The summed E-state index contributed by atoms with van der Waals surface area (Å²) in [6.45, 7) is 0.133. The SMILES string of the molecule is O=C(O)CC(NC(=O)Nc1c(O)ccn(Cc2ccccc2Cl)c1=O)c1ccc2ccccc2c1. The summed E-state index contributed by atoms with van der Waals surface area (Å²) >= 11 is 6.18. The molecule has 0 spiro atoms. The number of hydrogen-bond donors (Lipinski definition) is 4. The number of pyridine rings is 1. The predicted octanol–water partition coefficient (Wildman–Crippen LogP) is 4.75. The second-order valence-corrected chi connectivity index (χ2v) is 8.36. The van der Waals surface area contributed by atoms with Crippen molar-refractivity contribution in [3.8, 4) is 5.75 Å². The van der Waals surface area contributed by atoms with Gasteiger partial charge in [-0.1, -0.05) is 66.2 Å². The summed E-state index contributed by atoms with van der Waals surface area (Å²) in [5.41, 5.74) is 0.315. The van der Waals surface area contributed by atoms with Crippen molar-refractivity contribution in [2.75, 3.05) is 5.32 Å². The highest BCUT2D eigenvalue weighted by Gasteiger charge is 2.20. The largest absolute Gasteiger partial charge is 0.505 e. The molecule has 0 saturated heterocycles. The lowest BCUT2D eigenvalue weighted by Gasteiger charge is -2.19. The summed E-state index contributed by atoms with van der Waals surface area (Å²) in [6, 6.07) is 19.6. The summed E-state index contributed by atoms with van der Waals surface area (Å²) < 4.78 is 1.30. The summed E-state index contributed by atoms with van der Waals surface area (Å²) in [5.74, 6) is -1.52. The van der Waals surface area contributed by atoms with Gasteiger partial charge in [0, 0.05) is 11.2 Å². The maximum absolute atomic E-state index is 12.9. The second kappa shape index (κ2) is 10.3. The zero-order valence-electron chi connectivity index (χ0n) is 18.4. The lowest BCUT2D eigenvalue weighted by atomic mass is 10.00. The first-order chi connectivity index (χ1) is 16.8. The molecule has 1 atom stereocenters. The van der Waals surface area contributed by atoms with E-state index in [1.807, 2.05) is 30.3 Å². The van der Waals surface area contributed by atoms with Crippen molar-refractivity contribution in [2.24, 2.45) is 0 Å². The standard InChI is InChI=1S/C26H22ClN3O5/c27-20-8-4-3-7-19(20)15-30-12-11-22(31)24(25(30)34)29-26(35)28-21(14-23(32)33)18-10-9-16-5-1-2-6-17(16)13-18/h1-13,21,31H,14-15H2,(H,32,33)(H2,28,29,35). The van der Waals surface area contributed by atoms with Gasteiger partial charge in [-0.2, -0.15) is 0 Å². The van der Waals surface area contributed by atoms with E-state index in [9.17, 15) is 24.6 Å². The fourth-order valence-corrected chi connectivity index (χ4v) is 3.97. The third kappa shape index (κ3) is 5.62. The van der Waals surface area contributed by atoms with E-state index in [4.69, 9.17) is 11.6 Å². The van der Waals surface area contributed by atoms with Crippen LogP contribution in [0, 0.1) is 0 Å². The van der Waals surface area contributed by atoms with Crippen LogP contribution in [0.5, 0.6) is 5.75 Å². The molecule has 9 heteroatoms. The molecule has 0 aliphatic carbocycles. The first kappa shape index (κ1) is 23.8. The topological polar surface area (TPSA) is 121 Å². The molecule has 0 bridgehead atoms. The van der Waals surface area contributed by atoms with E-state index >= 15 is 0 Å². The van der Waals surface area contributed by atoms with Gasteiger partial charge in [0.1, 0.15) is 5.75 Å². The summed E-state index contributed by atoms with van der Waals surface area (Å²) in [5, 5.41) is 26.9. The van der Waals surface area contributed by atoms with Gasteiger partial charge in [-0.25, -0.2) is 4.79 Å². The van der Waals surface area contributed by atoms with Gasteiger partial charge in [0.2, 0.25) is 0 Å². The van der Waals surface area contributed by atoms with Crippen LogP contribution in [0.1, 0.15) is 23.6 Å². The number of aromatic hydroxyl groups is 1. The summed E-state index contributed by atoms with van der Waals surface area (Å²) in [7, 11) is 0. The van der Waals surface area contributed by atoms with Crippen LogP contribution >= 0.6 is 11.6 Å². The number of nitrogens with zero attached hydrogens (tertiary/aromatic N) is 1. The molecule has 0 aliphatic heterocycles. The summed E-state index contributed by atoms with van der Waals surface area (Å²) in [4.78, 5) is 37.2. The number of aliphatic carboxylic acids is 1. The number of urea groups is 1. The number of halogens is 1. The fourth-order valence-electron chi connectivity index (χ4n) is 3.78. The monoisotopic (exact) mass is 491 g/mol. The number of amides is 2.